The van der Waals surface area contributed by atoms with Crippen LogP contribution >= 0.6 is 11.3 Å². The Morgan fingerprint density at radius 3 is 2.56 bits per heavy atom. The third-order valence-corrected chi connectivity index (χ3v) is 7.47. The van der Waals surface area contributed by atoms with Crippen molar-refractivity contribution < 1.29 is 32.4 Å². The van der Waals surface area contributed by atoms with Gasteiger partial charge in [-0.1, -0.05) is 5.16 Å². The van der Waals surface area contributed by atoms with Gasteiger partial charge < -0.3 is 14.9 Å². The van der Waals surface area contributed by atoms with Gasteiger partial charge in [0, 0.05) is 21.9 Å². The predicted octanol–water partition coefficient (Wildman–Crippen LogP) is 4.85. The number of carboxylic acids is 1. The van der Waals surface area contributed by atoms with E-state index in [1.54, 1.807) is 0 Å². The minimum Gasteiger partial charge on any atom is -0.478 e. The lowest BCUT2D eigenvalue weighted by atomic mass is 9.86. The molecule has 170 valence electrons. The van der Waals surface area contributed by atoms with Gasteiger partial charge >= 0.3 is 12.1 Å². The first-order valence-electron chi connectivity index (χ1n) is 10.5. The van der Waals surface area contributed by atoms with Gasteiger partial charge in [-0.25, -0.2) is 4.79 Å². The molecule has 0 radical (unpaired) electrons. The first kappa shape index (κ1) is 21.2. The maximum Gasteiger partial charge on any atom is 0.392 e. The van der Waals surface area contributed by atoms with Crippen molar-refractivity contribution in [2.45, 2.75) is 63.5 Å². The molecule has 2 heterocycles. The van der Waals surface area contributed by atoms with E-state index in [9.17, 15) is 27.9 Å². The van der Waals surface area contributed by atoms with Gasteiger partial charge in [-0.15, -0.1) is 11.3 Å². The highest BCUT2D eigenvalue weighted by Gasteiger charge is 2.43. The smallest absolute Gasteiger partial charge is 0.392 e. The Labute approximate surface area is 184 Å². The molecule has 3 aliphatic rings. The van der Waals surface area contributed by atoms with Gasteiger partial charge in [0.2, 0.25) is 0 Å². The van der Waals surface area contributed by atoms with Crippen LogP contribution in [0.25, 0.3) is 11.5 Å². The molecule has 0 saturated heterocycles. The molecule has 0 bridgehead atoms. The average molecular weight is 467 g/mol. The van der Waals surface area contributed by atoms with Crippen LogP contribution in [0.15, 0.2) is 15.7 Å². The van der Waals surface area contributed by atoms with E-state index in [-0.39, 0.29) is 42.2 Å². The summed E-state index contributed by atoms with van der Waals surface area (Å²) in [6, 6.07) is 0. The quantitative estimate of drug-likeness (QED) is 0.652. The zero-order valence-corrected chi connectivity index (χ0v) is 17.7. The van der Waals surface area contributed by atoms with Crippen LogP contribution in [0.4, 0.5) is 18.2 Å². The summed E-state index contributed by atoms with van der Waals surface area (Å²) in [6.45, 7) is 0. The van der Waals surface area contributed by atoms with Crippen molar-refractivity contribution in [1.82, 2.24) is 10.1 Å². The van der Waals surface area contributed by atoms with E-state index in [4.69, 9.17) is 4.52 Å². The fourth-order valence-corrected chi connectivity index (χ4v) is 5.75. The van der Waals surface area contributed by atoms with E-state index in [0.717, 1.165) is 24.2 Å². The van der Waals surface area contributed by atoms with Crippen LogP contribution in [-0.2, 0) is 22.4 Å². The molecule has 1 amide bonds. The first-order valence-corrected chi connectivity index (χ1v) is 11.4. The fraction of sp³-hybridized carbons (Fsp3) is 0.524. The van der Waals surface area contributed by atoms with Crippen LogP contribution in [0.3, 0.4) is 0 Å². The number of aromatic nitrogens is 2. The summed E-state index contributed by atoms with van der Waals surface area (Å²) in [5.41, 5.74) is 1.44. The molecule has 2 N–H and O–H groups in total. The standard InChI is InChI=1S/C21H20F3N3O4S/c22-21(23,24)10-6-7-13-14(8-10)32-19(15(13)18-25-16(27-31-18)9-4-5-9)26-17(28)11-2-1-3-12(11)20(29)30/h9-10H,1-8H2,(H,26,28)(H,29,30)/t10-/m0/s1. The molecule has 7 nitrogen and oxygen atoms in total. The lowest BCUT2D eigenvalue weighted by Crippen LogP contribution is -2.28. The van der Waals surface area contributed by atoms with E-state index in [1.807, 2.05) is 0 Å². The Morgan fingerprint density at radius 1 is 1.12 bits per heavy atom. The highest BCUT2D eigenvalue weighted by molar-refractivity contribution is 7.17. The van der Waals surface area contributed by atoms with E-state index < -0.39 is 24.0 Å². The zero-order valence-electron chi connectivity index (χ0n) is 16.9. The van der Waals surface area contributed by atoms with E-state index in [1.165, 1.54) is 0 Å². The highest BCUT2D eigenvalue weighted by atomic mass is 32.1. The Kier molecular flexibility index (Phi) is 5.11. The van der Waals surface area contributed by atoms with Crippen molar-refractivity contribution in [3.05, 3.63) is 27.4 Å². The molecule has 0 unspecified atom stereocenters. The Morgan fingerprint density at radius 2 is 1.88 bits per heavy atom. The van der Waals surface area contributed by atoms with Gasteiger partial charge in [-0.05, 0) is 56.9 Å². The van der Waals surface area contributed by atoms with Crippen LogP contribution in [0, 0.1) is 5.92 Å². The van der Waals surface area contributed by atoms with Gasteiger partial charge in [0.1, 0.15) is 5.00 Å². The summed E-state index contributed by atoms with van der Waals surface area (Å²) in [4.78, 5) is 29.3. The number of anilines is 1. The van der Waals surface area contributed by atoms with Crippen LogP contribution in [0.2, 0.25) is 0 Å². The number of nitrogens with zero attached hydrogens (tertiary/aromatic N) is 2. The lowest BCUT2D eigenvalue weighted by Gasteiger charge is -2.24. The van der Waals surface area contributed by atoms with Gasteiger partial charge in [-0.2, -0.15) is 18.2 Å². The Balaban J connectivity index is 1.52. The number of rotatable bonds is 5. The second kappa shape index (κ2) is 7.72. The minimum absolute atomic E-state index is 0.0500. The Hall–Kier alpha value is -2.69. The number of thiophene rings is 1. The second-order valence-electron chi connectivity index (χ2n) is 8.49. The Bertz CT molecular complexity index is 1130. The summed E-state index contributed by atoms with van der Waals surface area (Å²) in [6.07, 6.45) is -1.17. The monoisotopic (exact) mass is 467 g/mol. The third kappa shape index (κ3) is 3.82. The number of hydrogen-bond acceptors (Lipinski definition) is 6. The highest BCUT2D eigenvalue weighted by Crippen LogP contribution is 2.48. The molecule has 2 aromatic heterocycles. The second-order valence-corrected chi connectivity index (χ2v) is 9.60. The topological polar surface area (TPSA) is 105 Å². The minimum atomic E-state index is -4.29. The van der Waals surface area contributed by atoms with Crippen molar-refractivity contribution in [2.24, 2.45) is 5.92 Å². The largest absolute Gasteiger partial charge is 0.478 e. The van der Waals surface area contributed by atoms with Crippen molar-refractivity contribution in [3.8, 4) is 11.5 Å². The molecule has 32 heavy (non-hydrogen) atoms. The summed E-state index contributed by atoms with van der Waals surface area (Å²) < 4.78 is 45.4. The number of alkyl halides is 3. The van der Waals surface area contributed by atoms with Crippen molar-refractivity contribution in [1.29, 1.82) is 0 Å². The summed E-state index contributed by atoms with van der Waals surface area (Å²) in [5, 5.41) is 16.4. The number of amides is 1. The maximum absolute atomic E-state index is 13.3. The predicted molar refractivity (Wildman–Crippen MR) is 108 cm³/mol. The number of halogens is 3. The number of nitrogens with one attached hydrogen (secondary N) is 1. The summed E-state index contributed by atoms with van der Waals surface area (Å²) >= 11 is 1.08. The van der Waals surface area contributed by atoms with E-state index in [2.05, 4.69) is 15.5 Å². The van der Waals surface area contributed by atoms with Gasteiger partial charge in [0.25, 0.3) is 11.8 Å². The average Bonchev–Trinajstić information content (AvgIpc) is 3.15. The van der Waals surface area contributed by atoms with E-state index >= 15 is 0 Å². The molecule has 3 aliphatic carbocycles. The molecule has 1 saturated carbocycles. The lowest BCUT2D eigenvalue weighted by molar-refractivity contribution is -0.176. The molecule has 0 aliphatic heterocycles. The van der Waals surface area contributed by atoms with Crippen molar-refractivity contribution in [3.63, 3.8) is 0 Å². The third-order valence-electron chi connectivity index (χ3n) is 6.30. The molecule has 2 aromatic rings. The van der Waals surface area contributed by atoms with Gasteiger partial charge in [0.15, 0.2) is 5.82 Å². The van der Waals surface area contributed by atoms with Gasteiger partial charge in [-0.3, -0.25) is 4.79 Å². The fourth-order valence-electron chi connectivity index (χ4n) is 4.43. The number of carboxylic acid groups (broad SMARTS) is 1. The van der Waals surface area contributed by atoms with Crippen LogP contribution < -0.4 is 5.32 Å². The van der Waals surface area contributed by atoms with Crippen molar-refractivity contribution in [2.75, 3.05) is 5.32 Å². The maximum atomic E-state index is 13.3. The first-order chi connectivity index (χ1) is 15.2. The van der Waals surface area contributed by atoms with Crippen LogP contribution in [0.1, 0.15) is 60.7 Å². The molecule has 0 spiro atoms. The van der Waals surface area contributed by atoms with Gasteiger partial charge in [0.05, 0.1) is 11.5 Å². The SMILES string of the molecule is O=C(O)C1=C(C(=O)Nc2sc3c(c2-c2nc(C4CC4)no2)CC[C@H](C(F)(F)F)C3)CCC1. The molecule has 0 aromatic carbocycles. The molecule has 5 rings (SSSR count). The van der Waals surface area contributed by atoms with Crippen LogP contribution in [0.5, 0.6) is 0 Å². The molecule has 11 heteroatoms. The van der Waals surface area contributed by atoms with E-state index in [0.29, 0.717) is 46.1 Å². The molecular formula is C21H20F3N3O4S. The number of hydrogen-bond donors (Lipinski definition) is 2. The molecule has 1 fully saturated rings. The van der Waals surface area contributed by atoms with Crippen molar-refractivity contribution >= 4 is 28.2 Å². The van der Waals surface area contributed by atoms with Crippen LogP contribution in [-0.4, -0.2) is 33.3 Å². The summed E-state index contributed by atoms with van der Waals surface area (Å²) in [7, 11) is 0. The number of fused-ring (bicyclic) bond motifs is 1. The zero-order chi connectivity index (χ0) is 22.6. The molecular weight excluding hydrogens is 447 g/mol. The normalized spacial score (nSPS) is 21.0. The summed E-state index contributed by atoms with van der Waals surface area (Å²) in [5.74, 6) is -2.13. The number of aliphatic carboxylic acids is 1. The number of carbonyl (C=O) groups excluding carboxylic acids is 1. The number of carbonyl (C=O) groups is 2. The molecule has 1 atom stereocenters.